The fourth-order valence-electron chi connectivity index (χ4n) is 2.67. The summed E-state index contributed by atoms with van der Waals surface area (Å²) in [7, 11) is 0. The van der Waals surface area contributed by atoms with Gasteiger partial charge in [-0.3, -0.25) is 0 Å². The van der Waals surface area contributed by atoms with Crippen LogP contribution in [0, 0.1) is 0 Å². The van der Waals surface area contributed by atoms with Crippen molar-refractivity contribution < 1.29 is 5.11 Å². The van der Waals surface area contributed by atoms with Gasteiger partial charge in [-0.1, -0.05) is 81.0 Å². The van der Waals surface area contributed by atoms with Crippen molar-refractivity contribution in [1.29, 1.82) is 0 Å². The molecule has 2 aromatic rings. The molecule has 0 saturated carbocycles. The summed E-state index contributed by atoms with van der Waals surface area (Å²) < 4.78 is 0. The number of aliphatic hydroxyl groups is 1. The van der Waals surface area contributed by atoms with Crippen LogP contribution in [-0.2, 0) is 0 Å². The first kappa shape index (κ1) is 15.3. The Morgan fingerprint density at radius 2 is 1.65 bits per heavy atom. The number of hydrogen-bond acceptors (Lipinski definition) is 1. The van der Waals surface area contributed by atoms with Crippen molar-refractivity contribution in [1.82, 2.24) is 0 Å². The summed E-state index contributed by atoms with van der Waals surface area (Å²) in [6, 6.07) is 11.9. The molecule has 1 N–H and O–H groups in total. The van der Waals surface area contributed by atoms with Gasteiger partial charge in [-0.15, -0.1) is 0 Å². The topological polar surface area (TPSA) is 20.2 Å². The van der Waals surface area contributed by atoms with Crippen molar-refractivity contribution in [2.75, 3.05) is 0 Å². The molecule has 1 nitrogen and oxygen atoms in total. The first-order chi connectivity index (χ1) is 9.74. The van der Waals surface area contributed by atoms with Crippen molar-refractivity contribution >= 4 is 22.4 Å². The second kappa shape index (κ2) is 7.66. The highest BCUT2D eigenvalue weighted by molar-refractivity contribution is 6.35. The third-order valence-corrected chi connectivity index (χ3v) is 4.17. The van der Waals surface area contributed by atoms with Crippen LogP contribution >= 0.6 is 11.6 Å². The smallest absolute Gasteiger partial charge is 0.0796 e. The van der Waals surface area contributed by atoms with E-state index in [2.05, 4.69) is 6.92 Å². The minimum atomic E-state index is -0.390. The molecule has 0 aromatic heterocycles. The molecule has 0 fully saturated rings. The third kappa shape index (κ3) is 3.74. The molecule has 0 radical (unpaired) electrons. The Morgan fingerprint density at radius 3 is 2.40 bits per heavy atom. The summed E-state index contributed by atoms with van der Waals surface area (Å²) in [5.74, 6) is 0. The summed E-state index contributed by atoms with van der Waals surface area (Å²) in [4.78, 5) is 0. The van der Waals surface area contributed by atoms with E-state index < -0.39 is 6.10 Å². The van der Waals surface area contributed by atoms with Crippen molar-refractivity contribution in [2.24, 2.45) is 0 Å². The zero-order chi connectivity index (χ0) is 14.4. The molecule has 2 rings (SSSR count). The lowest BCUT2D eigenvalue weighted by Crippen LogP contribution is -1.99. The van der Waals surface area contributed by atoms with Crippen molar-refractivity contribution in [2.45, 2.75) is 51.6 Å². The van der Waals surface area contributed by atoms with Gasteiger partial charge in [0.1, 0.15) is 0 Å². The van der Waals surface area contributed by atoms with Crippen molar-refractivity contribution in [3.8, 4) is 0 Å². The molecule has 0 aliphatic rings. The highest BCUT2D eigenvalue weighted by Gasteiger charge is 2.12. The molecule has 2 heteroatoms. The van der Waals surface area contributed by atoms with Gasteiger partial charge in [0.25, 0.3) is 0 Å². The van der Waals surface area contributed by atoms with Gasteiger partial charge in [-0.25, -0.2) is 0 Å². The number of benzene rings is 2. The van der Waals surface area contributed by atoms with Gasteiger partial charge in [-0.2, -0.15) is 0 Å². The maximum absolute atomic E-state index is 10.4. The Labute approximate surface area is 126 Å². The Morgan fingerprint density at radius 1 is 0.950 bits per heavy atom. The highest BCUT2D eigenvalue weighted by atomic mass is 35.5. The lowest BCUT2D eigenvalue weighted by atomic mass is 9.97. The maximum atomic E-state index is 10.4. The number of hydrogen-bond donors (Lipinski definition) is 1. The van der Waals surface area contributed by atoms with Gasteiger partial charge in [0.05, 0.1) is 6.10 Å². The maximum Gasteiger partial charge on any atom is 0.0796 e. The molecule has 1 atom stereocenters. The summed E-state index contributed by atoms with van der Waals surface area (Å²) >= 11 is 6.21. The predicted molar refractivity (Wildman–Crippen MR) is 87.3 cm³/mol. The fourth-order valence-corrected chi connectivity index (χ4v) is 2.90. The van der Waals surface area contributed by atoms with Gasteiger partial charge in [0, 0.05) is 10.4 Å². The molecule has 1 unspecified atom stereocenters. The minimum absolute atomic E-state index is 0.390. The predicted octanol–water partition coefficient (Wildman–Crippen LogP) is 5.89. The van der Waals surface area contributed by atoms with E-state index in [1.807, 2.05) is 36.4 Å². The summed E-state index contributed by atoms with van der Waals surface area (Å²) in [6.45, 7) is 2.22. The molecule has 0 amide bonds. The molecule has 0 heterocycles. The Kier molecular flexibility index (Phi) is 5.87. The zero-order valence-corrected chi connectivity index (χ0v) is 12.9. The van der Waals surface area contributed by atoms with Gasteiger partial charge >= 0.3 is 0 Å². The Hall–Kier alpha value is -1.05. The van der Waals surface area contributed by atoms with Crippen molar-refractivity contribution in [3.63, 3.8) is 0 Å². The van der Waals surface area contributed by atoms with Crippen LogP contribution in [0.2, 0.25) is 5.02 Å². The quantitative estimate of drug-likeness (QED) is 0.631. The summed E-state index contributed by atoms with van der Waals surface area (Å²) in [5.41, 5.74) is 1.00. The van der Waals surface area contributed by atoms with Gasteiger partial charge in [0.15, 0.2) is 0 Å². The van der Waals surface area contributed by atoms with Crippen LogP contribution in [0.25, 0.3) is 10.8 Å². The van der Waals surface area contributed by atoms with Crippen LogP contribution in [0.1, 0.15) is 57.1 Å². The molecule has 0 spiro atoms. The molecule has 0 aliphatic carbocycles. The highest BCUT2D eigenvalue weighted by Crippen LogP contribution is 2.31. The monoisotopic (exact) mass is 290 g/mol. The van der Waals surface area contributed by atoms with Gasteiger partial charge in [-0.05, 0) is 23.4 Å². The first-order valence-corrected chi connectivity index (χ1v) is 7.97. The average molecular weight is 291 g/mol. The number of rotatable bonds is 7. The average Bonchev–Trinajstić information content (AvgIpc) is 2.47. The van der Waals surface area contributed by atoms with E-state index in [4.69, 9.17) is 11.6 Å². The molecule has 0 aliphatic heterocycles. The lowest BCUT2D eigenvalue weighted by Gasteiger charge is -2.14. The van der Waals surface area contributed by atoms with Crippen LogP contribution in [-0.4, -0.2) is 5.11 Å². The number of aliphatic hydroxyl groups excluding tert-OH is 1. The van der Waals surface area contributed by atoms with E-state index in [9.17, 15) is 5.11 Å². The minimum Gasteiger partial charge on any atom is -0.388 e. The third-order valence-electron chi connectivity index (χ3n) is 3.84. The SMILES string of the molecule is CCCCCCCC(O)c1ccc(Cl)c2ccccc12. The molecule has 108 valence electrons. The lowest BCUT2D eigenvalue weighted by molar-refractivity contribution is 0.165. The van der Waals surface area contributed by atoms with Gasteiger partial charge < -0.3 is 5.11 Å². The number of unbranched alkanes of at least 4 members (excludes halogenated alkanes) is 4. The van der Waals surface area contributed by atoms with Crippen LogP contribution in [0.3, 0.4) is 0 Å². The van der Waals surface area contributed by atoms with Gasteiger partial charge in [0.2, 0.25) is 0 Å². The number of fused-ring (bicyclic) bond motifs is 1. The van der Waals surface area contributed by atoms with E-state index >= 15 is 0 Å². The summed E-state index contributed by atoms with van der Waals surface area (Å²) in [6.07, 6.45) is 6.54. The van der Waals surface area contributed by atoms with E-state index in [1.54, 1.807) is 0 Å². The number of halogens is 1. The Bertz CT molecular complexity index is 550. The van der Waals surface area contributed by atoms with Crippen LogP contribution < -0.4 is 0 Å². The molecule has 20 heavy (non-hydrogen) atoms. The first-order valence-electron chi connectivity index (χ1n) is 7.59. The zero-order valence-electron chi connectivity index (χ0n) is 12.1. The second-order valence-corrected chi connectivity index (χ2v) is 5.81. The molecular weight excluding hydrogens is 268 g/mol. The second-order valence-electron chi connectivity index (χ2n) is 5.40. The van der Waals surface area contributed by atoms with E-state index in [0.717, 1.165) is 34.2 Å². The normalized spacial score (nSPS) is 12.8. The van der Waals surface area contributed by atoms with Crippen LogP contribution in [0.15, 0.2) is 36.4 Å². The Balaban J connectivity index is 2.06. The molecular formula is C18H23ClO. The van der Waals surface area contributed by atoms with Crippen LogP contribution in [0.4, 0.5) is 0 Å². The van der Waals surface area contributed by atoms with E-state index in [1.165, 1.54) is 25.7 Å². The standard InChI is InChI=1S/C18H23ClO/c1-2-3-4-5-6-11-18(20)16-12-13-17(19)15-10-8-7-9-14(15)16/h7-10,12-13,18,20H,2-6,11H2,1H3. The van der Waals surface area contributed by atoms with Crippen molar-refractivity contribution in [3.05, 3.63) is 47.0 Å². The molecule has 2 aromatic carbocycles. The van der Waals surface area contributed by atoms with Crippen LogP contribution in [0.5, 0.6) is 0 Å². The largest absolute Gasteiger partial charge is 0.388 e. The summed E-state index contributed by atoms with van der Waals surface area (Å²) in [5, 5.41) is 13.3. The molecule has 0 bridgehead atoms. The van der Waals surface area contributed by atoms with E-state index in [0.29, 0.717) is 0 Å². The molecule has 0 saturated heterocycles. The van der Waals surface area contributed by atoms with E-state index in [-0.39, 0.29) is 0 Å². The fraction of sp³-hybridized carbons (Fsp3) is 0.444.